The van der Waals surface area contributed by atoms with Crippen molar-refractivity contribution in [1.29, 1.82) is 0 Å². The molecule has 1 aromatic rings. The molecular formula is C16H24N3O2+. The zero-order chi connectivity index (χ0) is 15.2. The summed E-state index contributed by atoms with van der Waals surface area (Å²) in [7, 11) is 1.59. The largest absolute Gasteiger partial charge is 0.355 e. The number of rotatable bonds is 4. The summed E-state index contributed by atoms with van der Waals surface area (Å²) < 4.78 is 0. The van der Waals surface area contributed by atoms with E-state index in [0.29, 0.717) is 23.7 Å². The first kappa shape index (κ1) is 15.5. The Balaban J connectivity index is 1.91. The summed E-state index contributed by atoms with van der Waals surface area (Å²) in [6.07, 6.45) is 2.45. The monoisotopic (exact) mass is 290 g/mol. The van der Waals surface area contributed by atoms with Gasteiger partial charge in [0.2, 0.25) is 0 Å². The van der Waals surface area contributed by atoms with Crippen molar-refractivity contribution in [2.24, 2.45) is 5.92 Å². The molecule has 1 unspecified atom stereocenters. The minimum atomic E-state index is -0.151. The Hall–Kier alpha value is -1.88. The molecule has 2 rings (SSSR count). The smallest absolute Gasteiger partial charge is 0.279 e. The van der Waals surface area contributed by atoms with Crippen molar-refractivity contribution >= 4 is 17.5 Å². The van der Waals surface area contributed by atoms with Gasteiger partial charge in [-0.3, -0.25) is 9.59 Å². The van der Waals surface area contributed by atoms with Gasteiger partial charge in [-0.1, -0.05) is 13.0 Å². The van der Waals surface area contributed by atoms with Crippen molar-refractivity contribution in [2.75, 3.05) is 32.0 Å². The number of piperidine rings is 1. The Morgan fingerprint density at radius 1 is 1.38 bits per heavy atom. The second-order valence-corrected chi connectivity index (χ2v) is 5.84. The number of likely N-dealkylation sites (tertiary alicyclic amines) is 1. The highest BCUT2D eigenvalue weighted by atomic mass is 16.2. The summed E-state index contributed by atoms with van der Waals surface area (Å²) in [6, 6.07) is 7.01. The van der Waals surface area contributed by atoms with Gasteiger partial charge < -0.3 is 15.5 Å². The van der Waals surface area contributed by atoms with Crippen molar-refractivity contribution in [2.45, 2.75) is 19.8 Å². The van der Waals surface area contributed by atoms with Crippen molar-refractivity contribution in [1.82, 2.24) is 5.32 Å². The molecule has 2 atom stereocenters. The molecule has 0 bridgehead atoms. The molecule has 5 nitrogen and oxygen atoms in total. The molecule has 0 radical (unpaired) electrons. The summed E-state index contributed by atoms with van der Waals surface area (Å²) in [5, 5.41) is 5.46. The molecule has 2 amide bonds. The van der Waals surface area contributed by atoms with E-state index in [1.165, 1.54) is 17.7 Å². The number of hydrogen-bond donors (Lipinski definition) is 3. The quantitative estimate of drug-likeness (QED) is 0.747. The fourth-order valence-electron chi connectivity index (χ4n) is 2.87. The first-order valence-corrected chi connectivity index (χ1v) is 7.54. The molecule has 0 saturated carbocycles. The highest BCUT2D eigenvalue weighted by Gasteiger charge is 2.22. The van der Waals surface area contributed by atoms with Gasteiger partial charge in [-0.15, -0.1) is 0 Å². The van der Waals surface area contributed by atoms with E-state index in [1.807, 2.05) is 0 Å². The second-order valence-electron chi connectivity index (χ2n) is 5.84. The van der Waals surface area contributed by atoms with E-state index >= 15 is 0 Å². The van der Waals surface area contributed by atoms with Crippen LogP contribution in [0.15, 0.2) is 24.3 Å². The van der Waals surface area contributed by atoms with Gasteiger partial charge in [0.1, 0.15) is 0 Å². The first-order valence-electron chi connectivity index (χ1n) is 7.54. The van der Waals surface area contributed by atoms with Crippen molar-refractivity contribution in [3.8, 4) is 0 Å². The van der Waals surface area contributed by atoms with Gasteiger partial charge in [0.05, 0.1) is 13.1 Å². The molecule has 0 aromatic heterocycles. The predicted molar refractivity (Wildman–Crippen MR) is 82.4 cm³/mol. The van der Waals surface area contributed by atoms with Crippen LogP contribution in [0, 0.1) is 5.92 Å². The summed E-state index contributed by atoms with van der Waals surface area (Å²) in [6.45, 7) is 4.86. The molecule has 1 aliphatic rings. The maximum atomic E-state index is 12.1. The van der Waals surface area contributed by atoms with Crippen LogP contribution in [0.25, 0.3) is 0 Å². The number of benzene rings is 1. The lowest BCUT2D eigenvalue weighted by Gasteiger charge is -2.27. The number of carbonyl (C=O) groups excluding carboxylic acids is 2. The molecule has 3 N–H and O–H groups in total. The van der Waals surface area contributed by atoms with Gasteiger partial charge in [-0.25, -0.2) is 0 Å². The van der Waals surface area contributed by atoms with Gasteiger partial charge in [0.15, 0.2) is 6.54 Å². The van der Waals surface area contributed by atoms with Gasteiger partial charge in [0, 0.05) is 24.2 Å². The normalized spacial score (nSPS) is 21.6. The molecule has 0 spiro atoms. The maximum absolute atomic E-state index is 12.1. The van der Waals surface area contributed by atoms with Crippen molar-refractivity contribution in [3.05, 3.63) is 29.8 Å². The fraction of sp³-hybridized carbons (Fsp3) is 0.500. The molecule has 0 aliphatic carbocycles. The van der Waals surface area contributed by atoms with Crippen LogP contribution in [0.2, 0.25) is 0 Å². The third-order valence-electron chi connectivity index (χ3n) is 3.91. The van der Waals surface area contributed by atoms with Crippen LogP contribution >= 0.6 is 0 Å². The zero-order valence-corrected chi connectivity index (χ0v) is 12.7. The molecule has 5 heteroatoms. The van der Waals surface area contributed by atoms with Crippen molar-refractivity contribution < 1.29 is 14.5 Å². The lowest BCUT2D eigenvalue weighted by atomic mass is 10.0. The SMILES string of the molecule is CNC(=O)c1cccc(NC(=O)C[NH+]2CCC[C@H](C)C2)c1. The third-order valence-corrected chi connectivity index (χ3v) is 3.91. The fourth-order valence-corrected chi connectivity index (χ4v) is 2.87. The van der Waals surface area contributed by atoms with E-state index in [9.17, 15) is 9.59 Å². The van der Waals surface area contributed by atoms with E-state index in [0.717, 1.165) is 13.1 Å². The number of amides is 2. The molecule has 1 saturated heterocycles. The zero-order valence-electron chi connectivity index (χ0n) is 12.7. The molecule has 1 fully saturated rings. The Morgan fingerprint density at radius 3 is 2.90 bits per heavy atom. The number of carbonyl (C=O) groups is 2. The summed E-state index contributed by atoms with van der Waals surface area (Å²) in [4.78, 5) is 25.0. The predicted octanol–water partition coefficient (Wildman–Crippen LogP) is 0.300. The third kappa shape index (κ3) is 4.56. The number of nitrogens with one attached hydrogen (secondary N) is 3. The van der Waals surface area contributed by atoms with Gasteiger partial charge >= 0.3 is 0 Å². The lowest BCUT2D eigenvalue weighted by Crippen LogP contribution is -3.14. The van der Waals surface area contributed by atoms with Gasteiger partial charge in [-0.05, 0) is 31.0 Å². The maximum Gasteiger partial charge on any atom is 0.279 e. The summed E-state index contributed by atoms with van der Waals surface area (Å²) in [5.41, 5.74) is 1.22. The van der Waals surface area contributed by atoms with E-state index < -0.39 is 0 Å². The standard InChI is InChI=1S/C16H23N3O2/c1-12-5-4-8-19(10-12)11-15(20)18-14-7-3-6-13(9-14)16(21)17-2/h3,6-7,9,12H,4-5,8,10-11H2,1-2H3,(H,17,21)(H,18,20)/p+1/t12-/m0/s1. The lowest BCUT2D eigenvalue weighted by molar-refractivity contribution is -0.900. The first-order chi connectivity index (χ1) is 10.1. The van der Waals surface area contributed by atoms with Crippen LogP contribution in [-0.2, 0) is 4.79 Å². The number of quaternary nitrogens is 1. The molecule has 21 heavy (non-hydrogen) atoms. The Kier molecular flexibility index (Phi) is 5.33. The Labute approximate surface area is 125 Å². The van der Waals surface area contributed by atoms with Crippen LogP contribution in [0.4, 0.5) is 5.69 Å². The van der Waals surface area contributed by atoms with E-state index in [-0.39, 0.29) is 11.8 Å². The van der Waals surface area contributed by atoms with Crippen LogP contribution in [0.1, 0.15) is 30.1 Å². The molecule has 114 valence electrons. The van der Waals surface area contributed by atoms with Crippen LogP contribution in [-0.4, -0.2) is 38.5 Å². The number of anilines is 1. The second kappa shape index (κ2) is 7.22. The summed E-state index contributed by atoms with van der Waals surface area (Å²) >= 11 is 0. The van der Waals surface area contributed by atoms with Crippen molar-refractivity contribution in [3.63, 3.8) is 0 Å². The minimum Gasteiger partial charge on any atom is -0.355 e. The van der Waals surface area contributed by atoms with Crippen LogP contribution in [0.3, 0.4) is 0 Å². The van der Waals surface area contributed by atoms with Crippen LogP contribution in [0.5, 0.6) is 0 Å². The highest BCUT2D eigenvalue weighted by Crippen LogP contribution is 2.10. The number of hydrogen-bond acceptors (Lipinski definition) is 2. The molecular weight excluding hydrogens is 266 g/mol. The summed E-state index contributed by atoms with van der Waals surface area (Å²) in [5.74, 6) is 0.549. The van der Waals surface area contributed by atoms with E-state index in [1.54, 1.807) is 31.3 Å². The average molecular weight is 290 g/mol. The van der Waals surface area contributed by atoms with Gasteiger partial charge in [0.25, 0.3) is 11.8 Å². The van der Waals surface area contributed by atoms with E-state index in [2.05, 4.69) is 17.6 Å². The topological polar surface area (TPSA) is 62.6 Å². The van der Waals surface area contributed by atoms with Crippen LogP contribution < -0.4 is 15.5 Å². The molecule has 1 aromatic carbocycles. The highest BCUT2D eigenvalue weighted by molar-refractivity contribution is 5.97. The molecule has 1 aliphatic heterocycles. The molecule has 1 heterocycles. The van der Waals surface area contributed by atoms with E-state index in [4.69, 9.17) is 0 Å². The van der Waals surface area contributed by atoms with Gasteiger partial charge in [-0.2, -0.15) is 0 Å². The average Bonchev–Trinajstić information content (AvgIpc) is 2.46. The Morgan fingerprint density at radius 2 is 2.19 bits per heavy atom. The minimum absolute atomic E-state index is 0.00755. The Bertz CT molecular complexity index is 516.